The third kappa shape index (κ3) is 25.0. The van der Waals surface area contributed by atoms with E-state index in [9.17, 15) is 28.8 Å². The molecule has 14 heteroatoms. The van der Waals surface area contributed by atoms with Crippen LogP contribution in [0.4, 0.5) is 0 Å². The van der Waals surface area contributed by atoms with Crippen molar-refractivity contribution in [2.75, 3.05) is 0 Å². The van der Waals surface area contributed by atoms with E-state index in [1.807, 2.05) is 132 Å². The first-order valence-electron chi connectivity index (χ1n) is 47.2. The lowest BCUT2D eigenvalue weighted by Crippen LogP contribution is -2.59. The second-order valence-corrected chi connectivity index (χ2v) is 44.4. The van der Waals surface area contributed by atoms with Crippen LogP contribution in [0.15, 0.2) is 0 Å². The third-order valence-electron chi connectivity index (χ3n) is 32.8. The molecule has 0 aromatic carbocycles. The number of hydrogen-bond donors (Lipinski definition) is 0. The van der Waals surface area contributed by atoms with Gasteiger partial charge in [0.15, 0.2) is 12.6 Å². The molecule has 13 saturated carbocycles. The lowest BCUT2D eigenvalue weighted by atomic mass is 9.45. The molecule has 0 aliphatic heterocycles. The van der Waals surface area contributed by atoms with Crippen LogP contribution < -0.4 is 0 Å². The van der Waals surface area contributed by atoms with Gasteiger partial charge in [0.1, 0.15) is 22.4 Å². The summed E-state index contributed by atoms with van der Waals surface area (Å²) in [4.78, 5) is 73.2. The molecule has 113 heavy (non-hydrogen) atoms. The number of rotatable bonds is 26. The summed E-state index contributed by atoms with van der Waals surface area (Å²) in [6.07, 6.45) is 45.6. The molecule has 0 saturated heterocycles. The molecule has 0 aromatic heterocycles. The van der Waals surface area contributed by atoms with E-state index in [-0.39, 0.29) is 85.3 Å². The maximum Gasteiger partial charge on any atom is 0.313 e. The fourth-order valence-electron chi connectivity index (χ4n) is 22.2. The highest BCUT2D eigenvalue weighted by atomic mass is 16.7. The molecule has 13 aliphatic carbocycles. The Labute approximate surface area is 691 Å². The molecule has 0 amide bonds. The van der Waals surface area contributed by atoms with E-state index in [0.29, 0.717) is 30.0 Å². The minimum atomic E-state index is -0.415. The molecule has 654 valence electrons. The van der Waals surface area contributed by atoms with Gasteiger partial charge in [0.05, 0.1) is 44.7 Å². The second-order valence-electron chi connectivity index (χ2n) is 44.4. The van der Waals surface area contributed by atoms with E-state index in [0.717, 1.165) is 123 Å². The zero-order chi connectivity index (χ0) is 84.3. The van der Waals surface area contributed by atoms with Crippen LogP contribution in [0.1, 0.15) is 431 Å². The summed E-state index contributed by atoms with van der Waals surface area (Å²) in [6.45, 7) is 54.4. The SMILES string of the molecule is CCC(C)(C)C(=O)OC(C)(C)C1CCCC1.CCC(C)(C)C(=O)OC(C)(C)C1CCCCC1.CCC(C)(C)C(=O)OC(C)(CC)C12CC3CC(CC(C3)C1)C2.CCC(C)(C)C(=O)OC(C)OC1CC2CC1C1C3CCC(C3)C21.CCC(C)(C)C(=O)OC(C)OC1CC2CCC1C2.CCC(C)(C)C(=O)OC1(C)CCCCCCC1. The maximum atomic E-state index is 12.7. The zero-order valence-corrected chi connectivity index (χ0v) is 77.9. The van der Waals surface area contributed by atoms with Gasteiger partial charge in [-0.05, 0) is 408 Å². The Balaban J connectivity index is 0.000000189. The van der Waals surface area contributed by atoms with E-state index in [1.54, 1.807) is 0 Å². The first-order chi connectivity index (χ1) is 52.5. The van der Waals surface area contributed by atoms with Crippen molar-refractivity contribution in [3.05, 3.63) is 0 Å². The molecule has 13 atom stereocenters. The summed E-state index contributed by atoms with van der Waals surface area (Å²) in [7, 11) is 0. The summed E-state index contributed by atoms with van der Waals surface area (Å²) in [5.41, 5.74) is -3.06. The van der Waals surface area contributed by atoms with Crippen LogP contribution in [-0.4, -0.2) is 83.0 Å². The summed E-state index contributed by atoms with van der Waals surface area (Å²) >= 11 is 0. The van der Waals surface area contributed by atoms with Crippen LogP contribution in [0, 0.1) is 115 Å². The highest BCUT2D eigenvalue weighted by molar-refractivity contribution is 5.78. The number of fused-ring (bicyclic) bond motifs is 11. The van der Waals surface area contributed by atoms with E-state index in [1.165, 1.54) is 180 Å². The second kappa shape index (κ2) is 40.0. The number of carbonyl (C=O) groups excluding carboxylic acids is 6. The van der Waals surface area contributed by atoms with Gasteiger partial charge >= 0.3 is 35.8 Å². The number of ether oxygens (including phenoxy) is 8. The van der Waals surface area contributed by atoms with Gasteiger partial charge in [-0.1, -0.05) is 99.8 Å². The average Bonchev–Trinajstić information content (AvgIpc) is 1.58. The van der Waals surface area contributed by atoms with Crippen LogP contribution >= 0.6 is 0 Å². The number of esters is 6. The first-order valence-corrected chi connectivity index (χ1v) is 47.2. The highest BCUT2D eigenvalue weighted by Gasteiger charge is 2.64. The van der Waals surface area contributed by atoms with Crippen LogP contribution in [0.3, 0.4) is 0 Å². The molecular weight excluding hydrogens is 1410 g/mol. The smallest absolute Gasteiger partial charge is 0.313 e. The van der Waals surface area contributed by atoms with Crippen molar-refractivity contribution in [2.24, 2.45) is 115 Å². The van der Waals surface area contributed by atoms with E-state index >= 15 is 0 Å². The van der Waals surface area contributed by atoms with Crippen molar-refractivity contribution in [1.29, 1.82) is 0 Å². The maximum absolute atomic E-state index is 12.7. The molecule has 10 bridgehead atoms. The zero-order valence-electron chi connectivity index (χ0n) is 77.9. The number of hydrogen-bond acceptors (Lipinski definition) is 14. The molecule has 0 spiro atoms. The summed E-state index contributed by atoms with van der Waals surface area (Å²) in [5.74, 6) is 10.5. The van der Waals surface area contributed by atoms with Gasteiger partial charge in [-0.3, -0.25) is 28.8 Å². The molecule has 13 unspecified atom stereocenters. The molecule has 13 aliphatic rings. The fraction of sp³-hybridized carbons (Fsp3) is 0.939. The fourth-order valence-corrected chi connectivity index (χ4v) is 22.2. The van der Waals surface area contributed by atoms with Crippen molar-refractivity contribution in [1.82, 2.24) is 0 Å². The van der Waals surface area contributed by atoms with Crippen molar-refractivity contribution in [3.63, 3.8) is 0 Å². The molecular formula is C99H174O14. The van der Waals surface area contributed by atoms with Gasteiger partial charge in [-0.15, -0.1) is 0 Å². The average molecular weight is 1590 g/mol. The van der Waals surface area contributed by atoms with E-state index in [2.05, 4.69) is 55.4 Å². The number of carbonyl (C=O) groups is 6. The minimum absolute atomic E-state index is 0.00935. The summed E-state index contributed by atoms with van der Waals surface area (Å²) < 4.78 is 46.8. The summed E-state index contributed by atoms with van der Waals surface area (Å²) in [5, 5.41) is 0. The molecule has 0 N–H and O–H groups in total. The Morgan fingerprint density at radius 3 is 1.10 bits per heavy atom. The van der Waals surface area contributed by atoms with E-state index < -0.39 is 23.4 Å². The Morgan fingerprint density at radius 2 is 0.699 bits per heavy atom. The predicted molar refractivity (Wildman–Crippen MR) is 456 cm³/mol. The van der Waals surface area contributed by atoms with Crippen LogP contribution in [0.25, 0.3) is 0 Å². The summed E-state index contributed by atoms with van der Waals surface area (Å²) in [6, 6.07) is 0. The first kappa shape index (κ1) is 96.9. The van der Waals surface area contributed by atoms with Crippen molar-refractivity contribution >= 4 is 35.8 Å². The monoisotopic (exact) mass is 1590 g/mol. The van der Waals surface area contributed by atoms with Crippen LogP contribution in [0.5, 0.6) is 0 Å². The lowest BCUT2D eigenvalue weighted by molar-refractivity contribution is -0.212. The Hall–Kier alpha value is -3.26. The van der Waals surface area contributed by atoms with Gasteiger partial charge in [-0.25, -0.2) is 0 Å². The van der Waals surface area contributed by atoms with Gasteiger partial charge < -0.3 is 37.9 Å². The standard InChI is InChI=1S/C20H32O3.C20H34O2.C15H26O3.2C15H28O2.C14H26O2/c1-5-20(3,4)19(21)23-11(2)22-16-10-14-9-15(16)18-13-7-6-12(8-13)17(14)18;1-6-18(3,4)17(21)22-19(5,7-2)20-11-14-8-15(12-20)10-16(9-14)13-20;1-5-15(3,4)14(16)18-10(2)17-13-9-11-6-7-12(13)8-11;1-6-14(2,3)13(16)17-15(4,5)12-10-8-7-9-11-12;1-5-14(2,3)13(16)17-15(4)11-9-7-6-8-10-12-15;1-6-13(2,3)12(15)16-14(4,5)11-9-7-8-10-11/h11-18H,5-10H2,1-4H3;14-16H,6-13H2,1-5H3;10-13H,5-9H2,1-4H3;12H,6-11H2,1-5H3;5-12H2,1-4H3;11H,6-10H2,1-5H3. The largest absolute Gasteiger partial charge is 0.459 e. The van der Waals surface area contributed by atoms with Crippen LogP contribution in [0.2, 0.25) is 0 Å². The van der Waals surface area contributed by atoms with Gasteiger partial charge in [0.25, 0.3) is 0 Å². The molecule has 13 rings (SSSR count). The van der Waals surface area contributed by atoms with Crippen LogP contribution in [-0.2, 0) is 66.7 Å². The molecule has 0 aromatic rings. The predicted octanol–water partition coefficient (Wildman–Crippen LogP) is 26.0. The molecule has 13 fully saturated rings. The molecule has 0 heterocycles. The Kier molecular flexibility index (Phi) is 34.3. The minimum Gasteiger partial charge on any atom is -0.459 e. The normalized spacial score (nSPS) is 30.9. The quantitative estimate of drug-likeness (QED) is 0.0346. The highest BCUT2D eigenvalue weighted by Crippen LogP contribution is 2.69. The topological polar surface area (TPSA) is 176 Å². The van der Waals surface area contributed by atoms with Crippen molar-refractivity contribution < 1.29 is 66.7 Å². The van der Waals surface area contributed by atoms with Gasteiger partial charge in [0.2, 0.25) is 0 Å². The van der Waals surface area contributed by atoms with Crippen molar-refractivity contribution in [3.8, 4) is 0 Å². The van der Waals surface area contributed by atoms with E-state index in [4.69, 9.17) is 37.9 Å². The third-order valence-corrected chi connectivity index (χ3v) is 32.8. The Morgan fingerprint density at radius 1 is 0.336 bits per heavy atom. The molecule has 0 radical (unpaired) electrons. The van der Waals surface area contributed by atoms with Crippen molar-refractivity contribution in [2.45, 2.75) is 478 Å². The molecule has 14 nitrogen and oxygen atoms in total. The Bertz CT molecular complexity index is 2950. The van der Waals surface area contributed by atoms with Gasteiger partial charge in [0, 0.05) is 5.41 Å². The lowest BCUT2D eigenvalue weighted by Gasteiger charge is -2.62. The van der Waals surface area contributed by atoms with Gasteiger partial charge in [-0.2, -0.15) is 0 Å².